The Labute approximate surface area is 216 Å². The van der Waals surface area contributed by atoms with Crippen LogP contribution in [0.15, 0.2) is 64.8 Å². The van der Waals surface area contributed by atoms with Crippen molar-refractivity contribution in [3.63, 3.8) is 0 Å². The number of allylic oxidation sites excluding steroid dienone is 1. The Morgan fingerprint density at radius 2 is 1.86 bits per heavy atom. The lowest BCUT2D eigenvalue weighted by molar-refractivity contribution is -0.127. The summed E-state index contributed by atoms with van der Waals surface area (Å²) in [5.41, 5.74) is 4.10. The summed E-state index contributed by atoms with van der Waals surface area (Å²) in [5.74, 6) is 1.00. The number of nitrogens with one attached hydrogen (secondary N) is 2. The number of carbonyl (C=O) groups excluding carboxylic acids is 2. The smallest absolute Gasteiger partial charge is 0.323 e. The van der Waals surface area contributed by atoms with E-state index in [4.69, 9.17) is 10.3 Å². The largest absolute Gasteiger partial charge is 0.340 e. The maximum absolute atomic E-state index is 13.6. The third kappa shape index (κ3) is 5.39. The summed E-state index contributed by atoms with van der Waals surface area (Å²) in [6.07, 6.45) is 1.01. The molecular weight excluding hydrogens is 472 g/mol. The molecule has 3 amide bonds. The van der Waals surface area contributed by atoms with E-state index < -0.39 is 0 Å². The van der Waals surface area contributed by atoms with Gasteiger partial charge in [0, 0.05) is 36.8 Å². The molecule has 36 heavy (non-hydrogen) atoms. The number of likely N-dealkylation sites (N-methyl/N-ethyl adjacent to an activating group) is 1. The van der Waals surface area contributed by atoms with Crippen LogP contribution in [0.25, 0.3) is 0 Å². The minimum Gasteiger partial charge on any atom is -0.340 e. The Morgan fingerprint density at radius 1 is 1.14 bits per heavy atom. The zero-order valence-electron chi connectivity index (χ0n) is 20.7. The Kier molecular flexibility index (Phi) is 7.96. The Morgan fingerprint density at radius 3 is 2.56 bits per heavy atom. The Hall–Kier alpha value is -3.77. The van der Waals surface area contributed by atoms with E-state index in [1.54, 1.807) is 36.0 Å². The van der Waals surface area contributed by atoms with Gasteiger partial charge in [0.25, 0.3) is 5.91 Å². The zero-order chi connectivity index (χ0) is 25.7. The van der Waals surface area contributed by atoms with Crippen molar-refractivity contribution in [3.05, 3.63) is 70.9 Å². The number of carbonyl (C=O) groups is 2. The second-order valence-electron chi connectivity index (χ2n) is 8.56. The van der Waals surface area contributed by atoms with Crippen molar-refractivity contribution in [1.82, 2.24) is 9.80 Å². The minimum atomic E-state index is -0.387. The molecule has 9 heteroatoms. The van der Waals surface area contributed by atoms with E-state index in [1.165, 1.54) is 0 Å². The number of urea groups is 1. The van der Waals surface area contributed by atoms with Gasteiger partial charge in [-0.3, -0.25) is 4.79 Å². The van der Waals surface area contributed by atoms with E-state index in [-0.39, 0.29) is 18.0 Å². The van der Waals surface area contributed by atoms with Crippen LogP contribution in [-0.4, -0.2) is 52.3 Å². The topological polar surface area (TPSA) is 101 Å². The summed E-state index contributed by atoms with van der Waals surface area (Å²) in [6, 6.07) is 15.7. The van der Waals surface area contributed by atoms with E-state index in [0.717, 1.165) is 35.1 Å². The molecule has 2 aliphatic rings. The molecule has 4 rings (SSSR count). The lowest BCUT2D eigenvalue weighted by Gasteiger charge is -2.41. The number of amides is 3. The molecule has 186 valence electrons. The quantitative estimate of drug-likeness (QED) is 0.566. The lowest BCUT2D eigenvalue weighted by atomic mass is 9.93. The van der Waals surface area contributed by atoms with Crippen LogP contribution in [0.4, 0.5) is 16.2 Å². The number of anilines is 2. The van der Waals surface area contributed by atoms with Crippen molar-refractivity contribution in [3.8, 4) is 6.07 Å². The first-order valence-electron chi connectivity index (χ1n) is 12.1. The summed E-state index contributed by atoms with van der Waals surface area (Å²) in [5, 5.41) is 15.6. The zero-order valence-corrected chi connectivity index (χ0v) is 21.6. The SMILES string of the molecule is CCN(CC)C(=O)C1=C(C)N=C2SCCCN2C1c1cccc(NC(=O)Nc2ccc(C#N)cc2)c1. The van der Waals surface area contributed by atoms with Crippen LogP contribution in [0.1, 0.15) is 44.4 Å². The minimum absolute atomic E-state index is 0.00204. The van der Waals surface area contributed by atoms with E-state index >= 15 is 0 Å². The summed E-state index contributed by atoms with van der Waals surface area (Å²) in [6.45, 7) is 7.95. The van der Waals surface area contributed by atoms with Gasteiger partial charge in [0.05, 0.1) is 28.9 Å². The molecule has 8 nitrogen and oxygen atoms in total. The van der Waals surface area contributed by atoms with Gasteiger partial charge in [0.1, 0.15) is 0 Å². The van der Waals surface area contributed by atoms with Gasteiger partial charge in [-0.1, -0.05) is 23.9 Å². The summed E-state index contributed by atoms with van der Waals surface area (Å²) < 4.78 is 0. The average Bonchev–Trinajstić information content (AvgIpc) is 2.89. The first-order valence-corrected chi connectivity index (χ1v) is 13.1. The molecule has 2 aromatic carbocycles. The Bertz CT molecular complexity index is 1240. The van der Waals surface area contributed by atoms with Crippen molar-refractivity contribution in [2.24, 2.45) is 4.99 Å². The normalized spacial score (nSPS) is 17.0. The van der Waals surface area contributed by atoms with Gasteiger partial charge >= 0.3 is 6.03 Å². The fourth-order valence-electron chi connectivity index (χ4n) is 4.48. The average molecular weight is 503 g/mol. The highest BCUT2D eigenvalue weighted by Gasteiger charge is 2.38. The van der Waals surface area contributed by atoms with Crippen LogP contribution in [-0.2, 0) is 4.79 Å². The molecular formula is C27H30N6O2S. The summed E-state index contributed by atoms with van der Waals surface area (Å²) >= 11 is 1.72. The van der Waals surface area contributed by atoms with Crippen molar-refractivity contribution in [2.45, 2.75) is 33.2 Å². The highest BCUT2D eigenvalue weighted by molar-refractivity contribution is 8.13. The van der Waals surface area contributed by atoms with E-state index in [2.05, 4.69) is 21.6 Å². The molecule has 1 fully saturated rings. The maximum atomic E-state index is 13.6. The third-order valence-electron chi connectivity index (χ3n) is 6.27. The number of fused-ring (bicyclic) bond motifs is 1. The lowest BCUT2D eigenvalue weighted by Crippen LogP contribution is -2.45. The second-order valence-corrected chi connectivity index (χ2v) is 9.62. The van der Waals surface area contributed by atoms with Gasteiger partial charge in [-0.05, 0) is 69.2 Å². The van der Waals surface area contributed by atoms with Gasteiger partial charge in [-0.15, -0.1) is 0 Å². The molecule has 2 aromatic rings. The molecule has 0 saturated carbocycles. The molecule has 0 radical (unpaired) electrons. The number of aliphatic imine (C=N–C) groups is 1. The number of nitriles is 1. The first kappa shape index (κ1) is 25.3. The molecule has 2 N–H and O–H groups in total. The summed E-state index contributed by atoms with van der Waals surface area (Å²) in [4.78, 5) is 35.1. The highest BCUT2D eigenvalue weighted by atomic mass is 32.2. The van der Waals surface area contributed by atoms with Crippen molar-refractivity contribution in [2.75, 3.05) is 36.0 Å². The van der Waals surface area contributed by atoms with Crippen molar-refractivity contribution in [1.29, 1.82) is 5.26 Å². The number of hydrogen-bond acceptors (Lipinski definition) is 6. The molecule has 2 heterocycles. The van der Waals surface area contributed by atoms with Crippen LogP contribution in [0, 0.1) is 11.3 Å². The van der Waals surface area contributed by atoms with E-state index in [9.17, 15) is 9.59 Å². The van der Waals surface area contributed by atoms with Crippen LogP contribution in [0.3, 0.4) is 0 Å². The van der Waals surface area contributed by atoms with Gasteiger partial charge in [0.2, 0.25) is 0 Å². The number of amidine groups is 1. The van der Waals surface area contributed by atoms with Gasteiger partial charge in [-0.2, -0.15) is 5.26 Å². The van der Waals surface area contributed by atoms with E-state index in [0.29, 0.717) is 35.6 Å². The number of benzene rings is 2. The van der Waals surface area contributed by atoms with Crippen molar-refractivity contribution >= 4 is 40.2 Å². The molecule has 0 aromatic heterocycles. The first-order chi connectivity index (χ1) is 17.4. The van der Waals surface area contributed by atoms with Crippen LogP contribution in [0.2, 0.25) is 0 Å². The highest BCUT2D eigenvalue weighted by Crippen LogP contribution is 2.40. The molecule has 0 aliphatic carbocycles. The molecule has 1 saturated heterocycles. The molecule has 1 unspecified atom stereocenters. The molecule has 2 aliphatic heterocycles. The summed E-state index contributed by atoms with van der Waals surface area (Å²) in [7, 11) is 0. The van der Waals surface area contributed by atoms with Crippen molar-refractivity contribution < 1.29 is 9.59 Å². The number of rotatable bonds is 6. The fourth-order valence-corrected chi connectivity index (χ4v) is 5.50. The van der Waals surface area contributed by atoms with Crippen LogP contribution < -0.4 is 10.6 Å². The Balaban J connectivity index is 1.62. The monoisotopic (exact) mass is 502 g/mol. The number of hydrogen-bond donors (Lipinski definition) is 2. The van der Waals surface area contributed by atoms with E-state index in [1.807, 2.05) is 49.9 Å². The standard InChI is InChI=1S/C27H30N6O2S/c1-4-32(5-2)25(34)23-18(3)29-27-33(14-7-15-36-27)24(23)20-8-6-9-22(16-20)31-26(35)30-21-12-10-19(17-28)11-13-21/h6,8-13,16,24H,4-5,7,14-15H2,1-3H3,(H2,30,31,35). The fraction of sp³-hybridized carbons (Fsp3) is 0.333. The van der Waals surface area contributed by atoms with Gasteiger partial charge in [-0.25, -0.2) is 9.79 Å². The second kappa shape index (κ2) is 11.3. The van der Waals surface area contributed by atoms with Gasteiger partial charge in [0.15, 0.2) is 5.17 Å². The van der Waals surface area contributed by atoms with Gasteiger partial charge < -0.3 is 20.4 Å². The van der Waals surface area contributed by atoms with Crippen LogP contribution in [0.5, 0.6) is 0 Å². The predicted octanol–water partition coefficient (Wildman–Crippen LogP) is 5.19. The molecule has 0 spiro atoms. The maximum Gasteiger partial charge on any atom is 0.323 e. The molecule has 0 bridgehead atoms. The predicted molar refractivity (Wildman–Crippen MR) is 145 cm³/mol. The number of thioether (sulfide) groups is 1. The third-order valence-corrected chi connectivity index (χ3v) is 7.35. The number of nitrogens with zero attached hydrogens (tertiary/aromatic N) is 4. The van der Waals surface area contributed by atoms with Crippen LogP contribution >= 0.6 is 11.8 Å². The molecule has 1 atom stereocenters.